The minimum atomic E-state index is -0.866. The Morgan fingerprint density at radius 3 is 2.59 bits per heavy atom. The molecule has 1 aliphatic rings. The molecule has 0 radical (unpaired) electrons. The molecule has 1 aromatic rings. The maximum atomic E-state index is 12.4. The number of phenols is 1. The van der Waals surface area contributed by atoms with Crippen LogP contribution in [-0.2, 0) is 9.59 Å². The highest BCUT2D eigenvalue weighted by Gasteiger charge is 2.35. The molecule has 6 heteroatoms. The molecule has 4 N–H and O–H groups in total. The first kappa shape index (κ1) is 15.8. The normalized spacial score (nSPS) is 22.3. The zero-order valence-corrected chi connectivity index (χ0v) is 12.2. The first-order valence-corrected chi connectivity index (χ1v) is 7.31. The van der Waals surface area contributed by atoms with Crippen molar-refractivity contribution in [3.8, 4) is 11.8 Å². The summed E-state index contributed by atoms with van der Waals surface area (Å²) in [4.78, 5) is 23.9. The molecular formula is C16H19N3O3. The van der Waals surface area contributed by atoms with Crippen molar-refractivity contribution < 1.29 is 14.7 Å². The molecule has 6 nitrogen and oxygen atoms in total. The van der Waals surface area contributed by atoms with Crippen LogP contribution >= 0.6 is 0 Å². The number of primary amides is 1. The molecule has 1 fully saturated rings. The summed E-state index contributed by atoms with van der Waals surface area (Å²) in [5.74, 6) is -1.74. The van der Waals surface area contributed by atoms with Gasteiger partial charge in [0.25, 0.3) is 0 Å². The second-order valence-electron chi connectivity index (χ2n) is 5.57. The lowest BCUT2D eigenvalue weighted by Crippen LogP contribution is -2.42. The molecule has 0 saturated heterocycles. The average molecular weight is 301 g/mol. The molecule has 1 aromatic carbocycles. The molecule has 22 heavy (non-hydrogen) atoms. The third-order valence-electron chi connectivity index (χ3n) is 4.09. The summed E-state index contributed by atoms with van der Waals surface area (Å²) >= 11 is 0. The van der Waals surface area contributed by atoms with Gasteiger partial charge in [-0.05, 0) is 30.5 Å². The van der Waals surface area contributed by atoms with Gasteiger partial charge in [-0.2, -0.15) is 5.26 Å². The van der Waals surface area contributed by atoms with Crippen molar-refractivity contribution in [1.29, 1.82) is 5.26 Å². The van der Waals surface area contributed by atoms with Gasteiger partial charge in [0, 0.05) is 11.8 Å². The summed E-state index contributed by atoms with van der Waals surface area (Å²) in [6, 6.07) is 7.31. The third kappa shape index (κ3) is 3.55. The molecule has 0 spiro atoms. The number of hydrogen-bond donors (Lipinski definition) is 3. The van der Waals surface area contributed by atoms with Crippen molar-refractivity contribution >= 4 is 11.8 Å². The van der Waals surface area contributed by atoms with Gasteiger partial charge < -0.3 is 16.2 Å². The lowest BCUT2D eigenvalue weighted by molar-refractivity contribution is -0.135. The minimum absolute atomic E-state index is 0.0275. The highest BCUT2D eigenvalue weighted by Crippen LogP contribution is 2.30. The third-order valence-corrected chi connectivity index (χ3v) is 4.09. The smallest absolute Gasteiger partial charge is 0.225 e. The van der Waals surface area contributed by atoms with Gasteiger partial charge in [-0.25, -0.2) is 0 Å². The number of amides is 2. The summed E-state index contributed by atoms with van der Waals surface area (Å²) in [5, 5.41) is 21.4. The number of benzene rings is 1. The summed E-state index contributed by atoms with van der Waals surface area (Å²) in [6.45, 7) is 0. The fourth-order valence-electron chi connectivity index (χ4n) is 2.93. The number of nitriles is 1. The number of nitrogens with one attached hydrogen (secondary N) is 1. The lowest BCUT2D eigenvalue weighted by Gasteiger charge is -2.29. The van der Waals surface area contributed by atoms with E-state index in [1.54, 1.807) is 12.1 Å². The predicted molar refractivity (Wildman–Crippen MR) is 79.2 cm³/mol. The van der Waals surface area contributed by atoms with Crippen LogP contribution in [0.3, 0.4) is 0 Å². The molecule has 1 saturated carbocycles. The predicted octanol–water partition coefficient (Wildman–Crippen LogP) is 1.36. The number of phenolic OH excluding ortho intramolecular Hbond substituents is 1. The zero-order chi connectivity index (χ0) is 16.1. The van der Waals surface area contributed by atoms with Crippen LogP contribution in [0.4, 0.5) is 0 Å². The van der Waals surface area contributed by atoms with Crippen LogP contribution < -0.4 is 11.1 Å². The number of aromatic hydroxyl groups is 1. The molecule has 0 aliphatic heterocycles. The van der Waals surface area contributed by atoms with Crippen LogP contribution in [0.15, 0.2) is 24.3 Å². The fraction of sp³-hybridized carbons (Fsp3) is 0.438. The van der Waals surface area contributed by atoms with E-state index in [1.165, 1.54) is 12.1 Å². The van der Waals surface area contributed by atoms with E-state index in [1.807, 2.05) is 6.07 Å². The van der Waals surface area contributed by atoms with Gasteiger partial charge in [0.1, 0.15) is 11.8 Å². The Hall–Kier alpha value is -2.55. The molecule has 2 amide bonds. The van der Waals surface area contributed by atoms with E-state index in [9.17, 15) is 20.0 Å². The Bertz CT molecular complexity index is 609. The van der Waals surface area contributed by atoms with Crippen molar-refractivity contribution in [1.82, 2.24) is 5.32 Å². The summed E-state index contributed by atoms with van der Waals surface area (Å²) < 4.78 is 0. The number of rotatable bonds is 4. The van der Waals surface area contributed by atoms with Crippen LogP contribution in [-0.4, -0.2) is 16.9 Å². The van der Waals surface area contributed by atoms with E-state index < -0.39 is 23.8 Å². The second-order valence-corrected chi connectivity index (χ2v) is 5.57. The lowest BCUT2D eigenvalue weighted by atomic mass is 9.78. The van der Waals surface area contributed by atoms with Crippen molar-refractivity contribution in [2.75, 3.05) is 0 Å². The van der Waals surface area contributed by atoms with Crippen molar-refractivity contribution in [3.05, 3.63) is 29.8 Å². The molecule has 0 heterocycles. The first-order valence-electron chi connectivity index (χ1n) is 7.31. The molecule has 0 bridgehead atoms. The maximum absolute atomic E-state index is 12.4. The Kier molecular flexibility index (Phi) is 4.99. The van der Waals surface area contributed by atoms with Gasteiger partial charge in [0.05, 0.1) is 6.07 Å². The van der Waals surface area contributed by atoms with Crippen LogP contribution in [0.5, 0.6) is 5.75 Å². The maximum Gasteiger partial charge on any atom is 0.225 e. The van der Waals surface area contributed by atoms with Crippen molar-refractivity contribution in [2.24, 2.45) is 17.6 Å². The standard InChI is InChI=1S/C16H19N3O3/c17-9-14(10-4-3-5-11(20)8-10)19-16(22)13-7-2-1-6-12(13)15(18)21/h3-5,8,12-14,20H,1-2,6-7H2,(H2,18,21)(H,19,22). The summed E-state index contributed by atoms with van der Waals surface area (Å²) in [5.41, 5.74) is 5.87. The Labute approximate surface area is 128 Å². The molecule has 3 unspecified atom stereocenters. The average Bonchev–Trinajstić information content (AvgIpc) is 2.52. The van der Waals surface area contributed by atoms with E-state index in [0.29, 0.717) is 18.4 Å². The summed E-state index contributed by atoms with van der Waals surface area (Å²) in [7, 11) is 0. The Morgan fingerprint density at radius 2 is 2.00 bits per heavy atom. The highest BCUT2D eigenvalue weighted by molar-refractivity contribution is 5.87. The van der Waals surface area contributed by atoms with E-state index in [2.05, 4.69) is 5.32 Å². The van der Waals surface area contributed by atoms with E-state index in [4.69, 9.17) is 5.73 Å². The fourth-order valence-corrected chi connectivity index (χ4v) is 2.93. The number of carbonyl (C=O) groups excluding carboxylic acids is 2. The van der Waals surface area contributed by atoms with Gasteiger partial charge in [-0.15, -0.1) is 0 Å². The van der Waals surface area contributed by atoms with Gasteiger partial charge in [-0.3, -0.25) is 9.59 Å². The number of nitrogens with zero attached hydrogens (tertiary/aromatic N) is 1. The Morgan fingerprint density at radius 1 is 1.32 bits per heavy atom. The van der Waals surface area contributed by atoms with Crippen LogP contribution in [0, 0.1) is 23.2 Å². The van der Waals surface area contributed by atoms with Gasteiger partial charge in [0.2, 0.25) is 11.8 Å². The first-order chi connectivity index (χ1) is 10.5. The van der Waals surface area contributed by atoms with E-state index in [0.717, 1.165) is 12.8 Å². The summed E-state index contributed by atoms with van der Waals surface area (Å²) in [6.07, 6.45) is 2.95. The topological polar surface area (TPSA) is 116 Å². The minimum Gasteiger partial charge on any atom is -0.508 e. The van der Waals surface area contributed by atoms with E-state index in [-0.39, 0.29) is 11.7 Å². The van der Waals surface area contributed by atoms with Crippen molar-refractivity contribution in [2.45, 2.75) is 31.7 Å². The molecule has 116 valence electrons. The number of nitrogens with two attached hydrogens (primary N) is 1. The molecule has 0 aromatic heterocycles. The van der Waals surface area contributed by atoms with E-state index >= 15 is 0 Å². The second kappa shape index (κ2) is 6.94. The van der Waals surface area contributed by atoms with Gasteiger partial charge >= 0.3 is 0 Å². The molecule has 3 atom stereocenters. The Balaban J connectivity index is 2.12. The molecule has 2 rings (SSSR count). The highest BCUT2D eigenvalue weighted by atomic mass is 16.3. The van der Waals surface area contributed by atoms with Crippen LogP contribution in [0.25, 0.3) is 0 Å². The van der Waals surface area contributed by atoms with Crippen molar-refractivity contribution in [3.63, 3.8) is 0 Å². The monoisotopic (exact) mass is 301 g/mol. The quantitative estimate of drug-likeness (QED) is 0.778. The molecular weight excluding hydrogens is 282 g/mol. The van der Waals surface area contributed by atoms with Gasteiger partial charge in [0.15, 0.2) is 0 Å². The SMILES string of the molecule is N#CC(NC(=O)C1CCCCC1C(N)=O)c1cccc(O)c1. The zero-order valence-electron chi connectivity index (χ0n) is 12.2. The number of hydrogen-bond acceptors (Lipinski definition) is 4. The van der Waals surface area contributed by atoms with Crippen LogP contribution in [0.1, 0.15) is 37.3 Å². The molecule has 1 aliphatic carbocycles. The number of carbonyl (C=O) groups is 2. The van der Waals surface area contributed by atoms with Crippen LogP contribution in [0.2, 0.25) is 0 Å². The van der Waals surface area contributed by atoms with Gasteiger partial charge in [-0.1, -0.05) is 25.0 Å². The largest absolute Gasteiger partial charge is 0.508 e.